The number of nitrogens with zero attached hydrogens (tertiary/aromatic N) is 2. The second-order valence-corrected chi connectivity index (χ2v) is 7.41. The van der Waals surface area contributed by atoms with E-state index in [1.165, 1.54) is 5.69 Å². The van der Waals surface area contributed by atoms with Crippen molar-refractivity contribution in [1.29, 1.82) is 0 Å². The van der Waals surface area contributed by atoms with Crippen LogP contribution in [0.4, 0.5) is 5.69 Å². The molecule has 1 atom stereocenters. The quantitative estimate of drug-likeness (QED) is 0.840. The van der Waals surface area contributed by atoms with Gasteiger partial charge in [-0.3, -0.25) is 4.79 Å². The third kappa shape index (κ3) is 3.06. The zero-order chi connectivity index (χ0) is 16.4. The number of hydrogen-bond acceptors (Lipinski definition) is 4. The summed E-state index contributed by atoms with van der Waals surface area (Å²) in [6.45, 7) is 3.89. The molecule has 4 nitrogen and oxygen atoms in total. The van der Waals surface area contributed by atoms with Crippen LogP contribution in [-0.4, -0.2) is 49.2 Å². The first-order valence-corrected chi connectivity index (χ1v) is 9.46. The highest BCUT2D eigenvalue weighted by Gasteiger charge is 2.42. The summed E-state index contributed by atoms with van der Waals surface area (Å²) in [4.78, 5) is 17.1. The van der Waals surface area contributed by atoms with Crippen molar-refractivity contribution in [3.63, 3.8) is 0 Å². The second kappa shape index (κ2) is 6.57. The Hall–Kier alpha value is -1.85. The molecule has 5 heteroatoms. The van der Waals surface area contributed by atoms with Crippen molar-refractivity contribution in [2.24, 2.45) is 0 Å². The molecule has 1 aromatic carbocycles. The summed E-state index contributed by atoms with van der Waals surface area (Å²) in [6, 6.07) is 12.4. The van der Waals surface area contributed by atoms with E-state index in [2.05, 4.69) is 29.2 Å². The molecule has 3 heterocycles. The topological polar surface area (TPSA) is 32.8 Å². The van der Waals surface area contributed by atoms with E-state index in [0.29, 0.717) is 19.7 Å². The van der Waals surface area contributed by atoms with Gasteiger partial charge in [-0.05, 0) is 36.4 Å². The third-order valence-electron chi connectivity index (χ3n) is 4.96. The molecule has 1 spiro atoms. The fourth-order valence-corrected chi connectivity index (χ4v) is 4.42. The Morgan fingerprint density at radius 1 is 1.12 bits per heavy atom. The van der Waals surface area contributed by atoms with Crippen LogP contribution in [-0.2, 0) is 4.74 Å². The molecule has 24 heavy (non-hydrogen) atoms. The smallest absolute Gasteiger partial charge is 0.254 e. The Morgan fingerprint density at radius 2 is 2.00 bits per heavy atom. The van der Waals surface area contributed by atoms with Crippen LogP contribution in [0.3, 0.4) is 0 Å². The van der Waals surface area contributed by atoms with Gasteiger partial charge in [0.05, 0.1) is 18.7 Å². The minimum absolute atomic E-state index is 0.135. The molecule has 0 saturated carbocycles. The number of para-hydroxylation sites is 1. The largest absolute Gasteiger partial charge is 0.369 e. The van der Waals surface area contributed by atoms with Gasteiger partial charge in [-0.15, -0.1) is 0 Å². The molecule has 2 fully saturated rings. The first-order valence-electron chi connectivity index (χ1n) is 8.51. The molecule has 126 valence electrons. The molecule has 2 aromatic rings. The van der Waals surface area contributed by atoms with E-state index in [1.807, 2.05) is 27.8 Å². The van der Waals surface area contributed by atoms with Crippen LogP contribution in [0.1, 0.15) is 23.2 Å². The lowest BCUT2D eigenvalue weighted by atomic mass is 9.90. The number of thiophene rings is 1. The van der Waals surface area contributed by atoms with Crippen molar-refractivity contribution in [3.05, 3.63) is 52.7 Å². The summed E-state index contributed by atoms with van der Waals surface area (Å²) in [5.74, 6) is 0.135. The van der Waals surface area contributed by atoms with Crippen molar-refractivity contribution in [2.75, 3.05) is 37.7 Å². The fraction of sp³-hybridized carbons (Fsp3) is 0.421. The summed E-state index contributed by atoms with van der Waals surface area (Å²) in [6.07, 6.45) is 2.11. The molecule has 0 aliphatic carbocycles. The van der Waals surface area contributed by atoms with E-state index < -0.39 is 0 Å². The Labute approximate surface area is 146 Å². The number of carbonyl (C=O) groups is 1. The van der Waals surface area contributed by atoms with Crippen LogP contribution in [0.15, 0.2) is 47.2 Å². The van der Waals surface area contributed by atoms with Gasteiger partial charge >= 0.3 is 0 Å². The van der Waals surface area contributed by atoms with Crippen LogP contribution in [0.25, 0.3) is 0 Å². The normalized spacial score (nSPS) is 24.3. The zero-order valence-corrected chi connectivity index (χ0v) is 14.5. The second-order valence-electron chi connectivity index (χ2n) is 6.63. The summed E-state index contributed by atoms with van der Waals surface area (Å²) < 4.78 is 6.22. The van der Waals surface area contributed by atoms with Crippen molar-refractivity contribution in [2.45, 2.75) is 18.4 Å². The van der Waals surface area contributed by atoms with Crippen molar-refractivity contribution >= 4 is 22.9 Å². The van der Waals surface area contributed by atoms with E-state index in [1.54, 1.807) is 11.3 Å². The van der Waals surface area contributed by atoms with E-state index in [0.717, 1.165) is 31.5 Å². The highest BCUT2D eigenvalue weighted by Crippen LogP contribution is 2.32. The Morgan fingerprint density at radius 3 is 2.79 bits per heavy atom. The Balaban J connectivity index is 1.50. The maximum atomic E-state index is 12.7. The lowest BCUT2D eigenvalue weighted by molar-refractivity contribution is -0.105. The predicted octanol–water partition coefficient (Wildman–Crippen LogP) is 3.26. The number of ether oxygens (including phenoxy) is 1. The van der Waals surface area contributed by atoms with Crippen molar-refractivity contribution < 1.29 is 9.53 Å². The zero-order valence-electron chi connectivity index (χ0n) is 13.7. The highest BCUT2D eigenvalue weighted by atomic mass is 32.1. The van der Waals surface area contributed by atoms with Crippen LogP contribution in [0.5, 0.6) is 0 Å². The lowest BCUT2D eigenvalue weighted by Gasteiger charge is -2.48. The van der Waals surface area contributed by atoms with Gasteiger partial charge in [-0.1, -0.05) is 18.2 Å². The van der Waals surface area contributed by atoms with Gasteiger partial charge in [0.25, 0.3) is 5.91 Å². The fourth-order valence-electron chi connectivity index (χ4n) is 3.79. The van der Waals surface area contributed by atoms with E-state index >= 15 is 0 Å². The van der Waals surface area contributed by atoms with Gasteiger partial charge < -0.3 is 14.5 Å². The molecule has 1 amide bonds. The molecule has 4 rings (SSSR count). The number of morpholine rings is 1. The number of rotatable bonds is 2. The molecule has 0 radical (unpaired) electrons. The molecule has 0 unspecified atom stereocenters. The van der Waals surface area contributed by atoms with Gasteiger partial charge in [-0.2, -0.15) is 11.3 Å². The van der Waals surface area contributed by atoms with Crippen molar-refractivity contribution in [3.8, 4) is 0 Å². The third-order valence-corrected chi connectivity index (χ3v) is 5.65. The van der Waals surface area contributed by atoms with Gasteiger partial charge in [0, 0.05) is 30.7 Å². The highest BCUT2D eigenvalue weighted by molar-refractivity contribution is 7.08. The number of hydrogen-bond donors (Lipinski definition) is 0. The molecule has 0 N–H and O–H groups in total. The van der Waals surface area contributed by atoms with Crippen LogP contribution in [0.2, 0.25) is 0 Å². The van der Waals surface area contributed by atoms with E-state index in [4.69, 9.17) is 4.74 Å². The summed E-state index contributed by atoms with van der Waals surface area (Å²) >= 11 is 1.57. The van der Waals surface area contributed by atoms with Crippen LogP contribution in [0, 0.1) is 0 Å². The molecular formula is C19H22N2O2S. The van der Waals surface area contributed by atoms with Crippen LogP contribution >= 0.6 is 11.3 Å². The standard InChI is InChI=1S/C19H22N2O2S/c22-18(16-7-12-24-13-16)21-10-11-23-19(15-21)8-4-9-20(14-19)17-5-2-1-3-6-17/h1-3,5-7,12-13H,4,8-11,14-15H2/t19-/m0/s1. The first-order chi connectivity index (χ1) is 11.8. The number of anilines is 1. The first kappa shape index (κ1) is 15.7. The van der Waals surface area contributed by atoms with Gasteiger partial charge in [0.15, 0.2) is 0 Å². The van der Waals surface area contributed by atoms with E-state index in [-0.39, 0.29) is 11.5 Å². The average Bonchev–Trinajstić information content (AvgIpc) is 3.17. The molecule has 0 bridgehead atoms. The predicted molar refractivity (Wildman–Crippen MR) is 96.8 cm³/mol. The monoisotopic (exact) mass is 342 g/mol. The van der Waals surface area contributed by atoms with Gasteiger partial charge in [0.2, 0.25) is 0 Å². The molecule has 2 saturated heterocycles. The van der Waals surface area contributed by atoms with Crippen molar-refractivity contribution in [1.82, 2.24) is 4.90 Å². The number of amides is 1. The average molecular weight is 342 g/mol. The number of carbonyl (C=O) groups excluding carboxylic acids is 1. The Bertz CT molecular complexity index is 685. The maximum absolute atomic E-state index is 12.7. The van der Waals surface area contributed by atoms with Gasteiger partial charge in [-0.25, -0.2) is 0 Å². The number of piperidine rings is 1. The minimum Gasteiger partial charge on any atom is -0.369 e. The summed E-state index contributed by atoms with van der Waals surface area (Å²) in [7, 11) is 0. The molecular weight excluding hydrogens is 320 g/mol. The molecule has 2 aliphatic rings. The van der Waals surface area contributed by atoms with Gasteiger partial charge in [0.1, 0.15) is 5.60 Å². The lowest BCUT2D eigenvalue weighted by Crippen LogP contribution is -2.60. The molecule has 2 aliphatic heterocycles. The number of benzene rings is 1. The minimum atomic E-state index is -0.238. The summed E-state index contributed by atoms with van der Waals surface area (Å²) in [5.41, 5.74) is 1.80. The van der Waals surface area contributed by atoms with Crippen LogP contribution < -0.4 is 4.90 Å². The SMILES string of the molecule is O=C(c1ccsc1)N1CCO[C@]2(CCCN(c3ccccc3)C2)C1. The summed E-state index contributed by atoms with van der Waals surface area (Å²) in [5, 5.41) is 3.89. The van der Waals surface area contributed by atoms with E-state index in [9.17, 15) is 4.79 Å². The Kier molecular flexibility index (Phi) is 4.29. The molecule has 1 aromatic heterocycles. The maximum Gasteiger partial charge on any atom is 0.254 e.